The first kappa shape index (κ1) is 15.0. The fraction of sp³-hybridized carbons (Fsp3) is 0.214. The number of anilines is 1. The van der Waals surface area contributed by atoms with E-state index in [1.807, 2.05) is 30.3 Å². The van der Waals surface area contributed by atoms with Gasteiger partial charge >= 0.3 is 0 Å². The number of nitrogens with zero attached hydrogens (tertiary/aromatic N) is 1. The Hall–Kier alpha value is -1.40. The average Bonchev–Trinajstić information content (AvgIpc) is 2.47. The lowest BCUT2D eigenvalue weighted by atomic mass is 10.2. The second-order valence-corrected chi connectivity index (χ2v) is 6.72. The summed E-state index contributed by atoms with van der Waals surface area (Å²) in [6.45, 7) is 0. The molecular formula is C14H15BrN2O2S. The maximum Gasteiger partial charge on any atom is 0.233 e. The molecule has 106 valence electrons. The number of para-hydroxylation sites is 1. The number of halogens is 1. The van der Waals surface area contributed by atoms with Crippen LogP contribution in [-0.4, -0.2) is 19.2 Å². The SMILES string of the molecule is O=S(=O)(CCc1ccncc1)Nc1ccccc1CBr. The van der Waals surface area contributed by atoms with E-state index in [0.717, 1.165) is 11.1 Å². The number of pyridine rings is 1. The van der Waals surface area contributed by atoms with E-state index in [2.05, 4.69) is 25.6 Å². The highest BCUT2D eigenvalue weighted by Gasteiger charge is 2.12. The Morgan fingerprint density at radius 1 is 1.10 bits per heavy atom. The Balaban J connectivity index is 2.04. The molecule has 0 aliphatic heterocycles. The number of hydrogen-bond donors (Lipinski definition) is 1. The summed E-state index contributed by atoms with van der Waals surface area (Å²) in [5.74, 6) is 0.0492. The van der Waals surface area contributed by atoms with Crippen LogP contribution < -0.4 is 4.72 Å². The van der Waals surface area contributed by atoms with E-state index < -0.39 is 10.0 Å². The maximum atomic E-state index is 12.1. The number of rotatable bonds is 6. The summed E-state index contributed by atoms with van der Waals surface area (Å²) < 4.78 is 26.8. The summed E-state index contributed by atoms with van der Waals surface area (Å²) in [5.41, 5.74) is 2.50. The number of alkyl halides is 1. The fourth-order valence-corrected chi connectivity index (χ4v) is 3.39. The second-order valence-electron chi connectivity index (χ2n) is 4.32. The van der Waals surface area contributed by atoms with Crippen LogP contribution in [0.4, 0.5) is 5.69 Å². The van der Waals surface area contributed by atoms with Crippen molar-refractivity contribution >= 4 is 31.6 Å². The van der Waals surface area contributed by atoms with Crippen molar-refractivity contribution in [1.82, 2.24) is 4.98 Å². The number of sulfonamides is 1. The molecule has 20 heavy (non-hydrogen) atoms. The topological polar surface area (TPSA) is 59.1 Å². The van der Waals surface area contributed by atoms with Gasteiger partial charge in [0.2, 0.25) is 10.0 Å². The standard InChI is InChI=1S/C14H15BrN2O2S/c15-11-13-3-1-2-4-14(13)17-20(18,19)10-7-12-5-8-16-9-6-12/h1-6,8-9,17H,7,10-11H2. The van der Waals surface area contributed by atoms with Gasteiger partial charge in [0.25, 0.3) is 0 Å². The van der Waals surface area contributed by atoms with E-state index in [4.69, 9.17) is 0 Å². The minimum absolute atomic E-state index is 0.0492. The number of aryl methyl sites for hydroxylation is 1. The van der Waals surface area contributed by atoms with Gasteiger partial charge in [-0.05, 0) is 35.7 Å². The predicted octanol–water partition coefficient (Wildman–Crippen LogP) is 2.96. The van der Waals surface area contributed by atoms with E-state index in [1.165, 1.54) is 0 Å². The van der Waals surface area contributed by atoms with Crippen LogP contribution in [0.15, 0.2) is 48.8 Å². The Morgan fingerprint density at radius 2 is 1.80 bits per heavy atom. The van der Waals surface area contributed by atoms with E-state index >= 15 is 0 Å². The van der Waals surface area contributed by atoms with Gasteiger partial charge in [-0.15, -0.1) is 0 Å². The zero-order valence-corrected chi connectivity index (χ0v) is 13.2. The normalized spacial score (nSPS) is 11.2. The van der Waals surface area contributed by atoms with Crippen LogP contribution in [0.2, 0.25) is 0 Å². The molecule has 0 bridgehead atoms. The van der Waals surface area contributed by atoms with Crippen molar-refractivity contribution in [2.24, 2.45) is 0 Å². The molecular weight excluding hydrogens is 340 g/mol. The highest BCUT2D eigenvalue weighted by atomic mass is 79.9. The smallest absolute Gasteiger partial charge is 0.233 e. The molecule has 4 nitrogen and oxygen atoms in total. The van der Waals surface area contributed by atoms with Gasteiger partial charge in [0.1, 0.15) is 0 Å². The number of hydrogen-bond acceptors (Lipinski definition) is 3. The van der Waals surface area contributed by atoms with Gasteiger partial charge in [-0.1, -0.05) is 34.1 Å². The van der Waals surface area contributed by atoms with Crippen LogP contribution in [0.25, 0.3) is 0 Å². The molecule has 1 aromatic heterocycles. The molecule has 1 aromatic carbocycles. The maximum absolute atomic E-state index is 12.1. The summed E-state index contributed by atoms with van der Waals surface area (Å²) in [6, 6.07) is 11.0. The van der Waals surface area contributed by atoms with Crippen LogP contribution >= 0.6 is 15.9 Å². The number of benzene rings is 1. The van der Waals surface area contributed by atoms with Crippen molar-refractivity contribution in [1.29, 1.82) is 0 Å². The molecule has 0 spiro atoms. The third kappa shape index (κ3) is 4.31. The van der Waals surface area contributed by atoms with E-state index in [-0.39, 0.29) is 5.75 Å². The van der Waals surface area contributed by atoms with E-state index in [1.54, 1.807) is 18.5 Å². The van der Waals surface area contributed by atoms with Crippen molar-refractivity contribution in [3.8, 4) is 0 Å². The Bertz CT molecular complexity index is 660. The van der Waals surface area contributed by atoms with E-state index in [9.17, 15) is 8.42 Å². The molecule has 0 radical (unpaired) electrons. The molecule has 0 saturated heterocycles. The van der Waals surface area contributed by atoms with Crippen molar-refractivity contribution in [3.05, 3.63) is 59.9 Å². The van der Waals surface area contributed by atoms with E-state index in [0.29, 0.717) is 17.4 Å². The number of aromatic nitrogens is 1. The summed E-state index contributed by atoms with van der Waals surface area (Å²) in [7, 11) is -3.36. The Labute approximate surface area is 127 Å². The van der Waals surface area contributed by atoms with Crippen LogP contribution in [-0.2, 0) is 21.8 Å². The van der Waals surface area contributed by atoms with Gasteiger partial charge in [-0.25, -0.2) is 8.42 Å². The molecule has 0 aliphatic carbocycles. The molecule has 0 atom stereocenters. The van der Waals surface area contributed by atoms with Gasteiger partial charge in [-0.2, -0.15) is 0 Å². The van der Waals surface area contributed by atoms with Gasteiger partial charge in [0, 0.05) is 17.7 Å². The van der Waals surface area contributed by atoms with Crippen molar-refractivity contribution in [2.45, 2.75) is 11.8 Å². The molecule has 6 heteroatoms. The lowest BCUT2D eigenvalue weighted by Gasteiger charge is -2.11. The zero-order valence-electron chi connectivity index (χ0n) is 10.8. The first-order chi connectivity index (χ1) is 9.61. The second kappa shape index (κ2) is 6.85. The van der Waals surface area contributed by atoms with Gasteiger partial charge in [0.05, 0.1) is 11.4 Å². The zero-order chi connectivity index (χ0) is 14.4. The summed E-state index contributed by atoms with van der Waals surface area (Å²) in [5, 5.41) is 0.607. The van der Waals surface area contributed by atoms with Gasteiger partial charge in [0.15, 0.2) is 0 Å². The van der Waals surface area contributed by atoms with Crippen LogP contribution in [0, 0.1) is 0 Å². The minimum Gasteiger partial charge on any atom is -0.283 e. The first-order valence-electron chi connectivity index (χ1n) is 6.14. The van der Waals surface area contributed by atoms with Gasteiger partial charge < -0.3 is 0 Å². The van der Waals surface area contributed by atoms with Crippen LogP contribution in [0.1, 0.15) is 11.1 Å². The third-order valence-electron chi connectivity index (χ3n) is 2.84. The predicted molar refractivity (Wildman–Crippen MR) is 84.4 cm³/mol. The molecule has 0 amide bonds. The first-order valence-corrected chi connectivity index (χ1v) is 8.91. The molecule has 0 saturated carbocycles. The van der Waals surface area contributed by atoms with Crippen molar-refractivity contribution < 1.29 is 8.42 Å². The van der Waals surface area contributed by atoms with Crippen molar-refractivity contribution in [3.63, 3.8) is 0 Å². The lowest BCUT2D eigenvalue weighted by molar-refractivity contribution is 0.600. The third-order valence-corrected chi connectivity index (χ3v) is 4.71. The molecule has 1 N–H and O–H groups in total. The Kier molecular flexibility index (Phi) is 5.14. The highest BCUT2D eigenvalue weighted by molar-refractivity contribution is 9.08. The number of nitrogens with one attached hydrogen (secondary N) is 1. The molecule has 0 fully saturated rings. The van der Waals surface area contributed by atoms with Crippen molar-refractivity contribution in [2.75, 3.05) is 10.5 Å². The summed E-state index contributed by atoms with van der Waals surface area (Å²) >= 11 is 3.35. The fourth-order valence-electron chi connectivity index (χ4n) is 1.76. The lowest BCUT2D eigenvalue weighted by Crippen LogP contribution is -2.19. The molecule has 1 heterocycles. The van der Waals surface area contributed by atoms with Crippen LogP contribution in [0.3, 0.4) is 0 Å². The van der Waals surface area contributed by atoms with Gasteiger partial charge in [-0.3, -0.25) is 9.71 Å². The monoisotopic (exact) mass is 354 g/mol. The molecule has 0 aliphatic rings. The quantitative estimate of drug-likeness (QED) is 0.811. The minimum atomic E-state index is -3.36. The average molecular weight is 355 g/mol. The molecule has 2 rings (SSSR count). The summed E-state index contributed by atoms with van der Waals surface area (Å²) in [4.78, 5) is 3.91. The molecule has 0 unspecified atom stereocenters. The Morgan fingerprint density at radius 3 is 2.50 bits per heavy atom. The highest BCUT2D eigenvalue weighted by Crippen LogP contribution is 2.19. The molecule has 2 aromatic rings. The summed E-state index contributed by atoms with van der Waals surface area (Å²) in [6.07, 6.45) is 3.79. The largest absolute Gasteiger partial charge is 0.283 e. The van der Waals surface area contributed by atoms with Crippen LogP contribution in [0.5, 0.6) is 0 Å².